The molecule has 0 unspecified atom stereocenters. The Morgan fingerprint density at radius 1 is 1.25 bits per heavy atom. The second kappa shape index (κ2) is 5.61. The number of hydrogen-bond donors (Lipinski definition) is 0. The van der Waals surface area contributed by atoms with E-state index in [1.807, 2.05) is 20.0 Å². The maximum absolute atomic E-state index is 5.43. The molecule has 0 spiro atoms. The van der Waals surface area contributed by atoms with Crippen LogP contribution in [-0.2, 0) is 0 Å². The fourth-order valence-corrected chi connectivity index (χ4v) is 2.07. The molecule has 0 bridgehead atoms. The summed E-state index contributed by atoms with van der Waals surface area (Å²) >= 11 is 0. The smallest absolute Gasteiger partial charge is 0.226 e. The number of anilines is 1. The second-order valence-corrected chi connectivity index (χ2v) is 5.24. The van der Waals surface area contributed by atoms with E-state index >= 15 is 0 Å². The van der Waals surface area contributed by atoms with Crippen molar-refractivity contribution in [1.82, 2.24) is 15.0 Å². The fourth-order valence-electron chi connectivity index (χ4n) is 2.07. The minimum atomic E-state index is 0.280. The lowest BCUT2D eigenvalue weighted by Gasteiger charge is -2.20. The van der Waals surface area contributed by atoms with Gasteiger partial charge in [0, 0.05) is 25.2 Å². The van der Waals surface area contributed by atoms with E-state index in [4.69, 9.17) is 9.72 Å². The lowest BCUT2D eigenvalue weighted by molar-refractivity contribution is 0.402. The molecular formula is C15H22N4O. The molecule has 0 saturated heterocycles. The molecule has 108 valence electrons. The van der Waals surface area contributed by atoms with Gasteiger partial charge in [0.1, 0.15) is 17.0 Å². The summed E-state index contributed by atoms with van der Waals surface area (Å²) < 4.78 is 5.43. The summed E-state index contributed by atoms with van der Waals surface area (Å²) in [6.07, 6.45) is 0. The highest BCUT2D eigenvalue weighted by Gasteiger charge is 2.17. The molecule has 2 aromatic heterocycles. The maximum Gasteiger partial charge on any atom is 0.226 e. The van der Waals surface area contributed by atoms with Crippen LogP contribution in [-0.4, -0.2) is 35.7 Å². The van der Waals surface area contributed by atoms with Crippen molar-refractivity contribution in [2.45, 2.75) is 33.6 Å². The third-order valence-corrected chi connectivity index (χ3v) is 3.32. The Morgan fingerprint density at radius 3 is 2.50 bits per heavy atom. The van der Waals surface area contributed by atoms with Crippen LogP contribution in [0.3, 0.4) is 0 Å². The normalized spacial score (nSPS) is 11.2. The van der Waals surface area contributed by atoms with Gasteiger partial charge < -0.3 is 9.64 Å². The van der Waals surface area contributed by atoms with Gasteiger partial charge in [-0.3, -0.25) is 0 Å². The highest BCUT2D eigenvalue weighted by atomic mass is 16.5. The average molecular weight is 274 g/mol. The summed E-state index contributed by atoms with van der Waals surface area (Å²) in [6.45, 7) is 9.10. The Kier molecular flexibility index (Phi) is 4.06. The number of aryl methyl sites for hydroxylation is 1. The molecule has 0 amide bonds. The zero-order valence-electron chi connectivity index (χ0n) is 13.1. The minimum Gasteiger partial charge on any atom is -0.480 e. The van der Waals surface area contributed by atoms with Gasteiger partial charge in [-0.05, 0) is 19.9 Å². The van der Waals surface area contributed by atoms with Crippen LogP contribution in [0.15, 0.2) is 6.07 Å². The zero-order valence-corrected chi connectivity index (χ0v) is 13.1. The number of rotatable bonds is 4. The first-order valence-electron chi connectivity index (χ1n) is 6.92. The number of fused-ring (bicyclic) bond motifs is 1. The van der Waals surface area contributed by atoms with E-state index in [0.717, 1.165) is 34.8 Å². The van der Waals surface area contributed by atoms with E-state index < -0.39 is 0 Å². The molecule has 5 nitrogen and oxygen atoms in total. The molecule has 0 radical (unpaired) electrons. The van der Waals surface area contributed by atoms with Gasteiger partial charge in [-0.25, -0.2) is 15.0 Å². The second-order valence-electron chi connectivity index (χ2n) is 5.24. The van der Waals surface area contributed by atoms with Crippen molar-refractivity contribution in [2.24, 2.45) is 0 Å². The van der Waals surface area contributed by atoms with Crippen LogP contribution in [0.25, 0.3) is 10.9 Å². The van der Waals surface area contributed by atoms with E-state index in [-0.39, 0.29) is 5.92 Å². The molecule has 2 heterocycles. The Morgan fingerprint density at radius 2 is 1.95 bits per heavy atom. The molecule has 0 atom stereocenters. The van der Waals surface area contributed by atoms with Crippen LogP contribution in [0.2, 0.25) is 0 Å². The highest BCUT2D eigenvalue weighted by molar-refractivity contribution is 5.94. The molecule has 0 aliphatic carbocycles. The summed E-state index contributed by atoms with van der Waals surface area (Å²) in [4.78, 5) is 15.9. The number of pyridine rings is 1. The van der Waals surface area contributed by atoms with Gasteiger partial charge in [-0.15, -0.1) is 0 Å². The van der Waals surface area contributed by atoms with Gasteiger partial charge in [-0.1, -0.05) is 13.8 Å². The van der Waals surface area contributed by atoms with Crippen molar-refractivity contribution in [2.75, 3.05) is 25.6 Å². The predicted molar refractivity (Wildman–Crippen MR) is 81.7 cm³/mol. The van der Waals surface area contributed by atoms with Gasteiger partial charge >= 0.3 is 0 Å². The standard InChI is InChI=1S/C15H22N4O/c1-7-19(5)14-12-11(17-13(18-14)9(2)3)8-10(4)16-15(12)20-6/h8-9H,7H2,1-6H3. The van der Waals surface area contributed by atoms with Crippen molar-refractivity contribution in [1.29, 1.82) is 0 Å². The third kappa shape index (κ3) is 2.53. The van der Waals surface area contributed by atoms with Gasteiger partial charge in [-0.2, -0.15) is 0 Å². The minimum absolute atomic E-state index is 0.280. The zero-order chi connectivity index (χ0) is 14.9. The van der Waals surface area contributed by atoms with Crippen LogP contribution in [0.1, 0.15) is 38.2 Å². The lowest BCUT2D eigenvalue weighted by atomic mass is 10.1. The van der Waals surface area contributed by atoms with Crippen LogP contribution >= 0.6 is 0 Å². The topological polar surface area (TPSA) is 51.1 Å². The van der Waals surface area contributed by atoms with Crippen LogP contribution < -0.4 is 9.64 Å². The van der Waals surface area contributed by atoms with Gasteiger partial charge in [0.2, 0.25) is 5.88 Å². The highest BCUT2D eigenvalue weighted by Crippen LogP contribution is 2.32. The first-order chi connectivity index (χ1) is 9.47. The number of ether oxygens (including phenoxy) is 1. The number of hydrogen-bond acceptors (Lipinski definition) is 5. The lowest BCUT2D eigenvalue weighted by Crippen LogP contribution is -2.19. The molecule has 2 rings (SSSR count). The summed E-state index contributed by atoms with van der Waals surface area (Å²) in [5.74, 6) is 2.60. The molecule has 20 heavy (non-hydrogen) atoms. The van der Waals surface area contributed by atoms with Crippen molar-refractivity contribution in [3.63, 3.8) is 0 Å². The van der Waals surface area contributed by atoms with Crippen molar-refractivity contribution >= 4 is 16.7 Å². The average Bonchev–Trinajstić information content (AvgIpc) is 2.43. The van der Waals surface area contributed by atoms with Crippen molar-refractivity contribution in [3.05, 3.63) is 17.6 Å². The monoisotopic (exact) mass is 274 g/mol. The van der Waals surface area contributed by atoms with E-state index in [2.05, 4.69) is 35.6 Å². The number of methoxy groups -OCH3 is 1. The third-order valence-electron chi connectivity index (χ3n) is 3.32. The summed E-state index contributed by atoms with van der Waals surface area (Å²) in [7, 11) is 3.65. The molecule has 0 aliphatic heterocycles. The Balaban J connectivity index is 2.84. The first kappa shape index (κ1) is 14.5. The molecule has 5 heteroatoms. The predicted octanol–water partition coefficient (Wildman–Crippen LogP) is 2.92. The van der Waals surface area contributed by atoms with E-state index in [9.17, 15) is 0 Å². The maximum atomic E-state index is 5.43. The molecule has 0 aliphatic rings. The Bertz CT molecular complexity index is 625. The Labute approximate surface area is 120 Å². The molecule has 0 N–H and O–H groups in total. The summed E-state index contributed by atoms with van der Waals surface area (Å²) in [5, 5.41) is 0.881. The number of aromatic nitrogens is 3. The van der Waals surface area contributed by atoms with Gasteiger partial charge in [0.15, 0.2) is 0 Å². The van der Waals surface area contributed by atoms with Crippen molar-refractivity contribution in [3.8, 4) is 5.88 Å². The summed E-state index contributed by atoms with van der Waals surface area (Å²) in [6, 6.07) is 1.98. The van der Waals surface area contributed by atoms with E-state index in [0.29, 0.717) is 5.88 Å². The van der Waals surface area contributed by atoms with Crippen LogP contribution in [0, 0.1) is 6.92 Å². The van der Waals surface area contributed by atoms with E-state index in [1.165, 1.54) is 0 Å². The SMILES string of the molecule is CCN(C)c1nc(C(C)C)nc2cc(C)nc(OC)c12. The van der Waals surface area contributed by atoms with Crippen LogP contribution in [0.5, 0.6) is 5.88 Å². The molecule has 0 fully saturated rings. The first-order valence-corrected chi connectivity index (χ1v) is 6.92. The molecule has 0 saturated carbocycles. The Hall–Kier alpha value is -1.91. The molecule has 0 aromatic carbocycles. The molecular weight excluding hydrogens is 252 g/mol. The van der Waals surface area contributed by atoms with Crippen LogP contribution in [0.4, 0.5) is 5.82 Å². The summed E-state index contributed by atoms with van der Waals surface area (Å²) in [5.41, 5.74) is 1.79. The number of nitrogens with zero attached hydrogens (tertiary/aromatic N) is 4. The van der Waals surface area contributed by atoms with Gasteiger partial charge in [0.05, 0.1) is 12.6 Å². The fraction of sp³-hybridized carbons (Fsp3) is 0.533. The van der Waals surface area contributed by atoms with Gasteiger partial charge in [0.25, 0.3) is 0 Å². The molecule has 2 aromatic rings. The van der Waals surface area contributed by atoms with E-state index in [1.54, 1.807) is 7.11 Å². The van der Waals surface area contributed by atoms with Crippen molar-refractivity contribution < 1.29 is 4.74 Å². The largest absolute Gasteiger partial charge is 0.480 e. The quantitative estimate of drug-likeness (QED) is 0.858.